The number of rotatable bonds is 6. The average molecular weight is 533 g/mol. The lowest BCUT2D eigenvalue weighted by Gasteiger charge is -2.30. The second-order valence-electron chi connectivity index (χ2n) is 9.51. The fraction of sp³-hybridized carbons (Fsp3) is 0.375. The number of hydrogen-bond acceptors (Lipinski definition) is 7. The molecular weight excluding hydrogens is 506 g/mol. The molecule has 2 aliphatic heterocycles. The van der Waals surface area contributed by atoms with E-state index in [-0.39, 0.29) is 18.4 Å². The number of H-pyrrole nitrogens is 1. The van der Waals surface area contributed by atoms with Crippen LogP contribution >= 0.6 is 0 Å². The number of nitrogens with one attached hydrogen (secondary N) is 3. The van der Waals surface area contributed by atoms with Crippen LogP contribution in [0.2, 0.25) is 0 Å². The number of carbonyl (C=O) groups is 1. The van der Waals surface area contributed by atoms with Crippen molar-refractivity contribution in [1.29, 1.82) is 0 Å². The van der Waals surface area contributed by atoms with E-state index in [2.05, 4.69) is 25.8 Å². The van der Waals surface area contributed by atoms with E-state index in [4.69, 9.17) is 4.74 Å². The molecule has 0 unspecified atom stereocenters. The number of aromatic nitrogens is 3. The van der Waals surface area contributed by atoms with Gasteiger partial charge in [-0.3, -0.25) is 14.9 Å². The van der Waals surface area contributed by atoms with Crippen molar-refractivity contribution in [2.45, 2.75) is 49.7 Å². The van der Waals surface area contributed by atoms with E-state index in [9.17, 15) is 22.0 Å². The van der Waals surface area contributed by atoms with Gasteiger partial charge in [-0.15, -0.1) is 0 Å². The first kappa shape index (κ1) is 25.2. The number of amides is 1. The van der Waals surface area contributed by atoms with Crippen molar-refractivity contribution in [3.63, 3.8) is 0 Å². The molecule has 0 spiro atoms. The molecule has 0 aliphatic carbocycles. The van der Waals surface area contributed by atoms with Crippen molar-refractivity contribution >= 4 is 27.4 Å². The van der Waals surface area contributed by atoms with Crippen molar-refractivity contribution in [3.05, 3.63) is 65.1 Å². The first-order valence-corrected chi connectivity index (χ1v) is 13.2. The fourth-order valence-corrected chi connectivity index (χ4v) is 6.50. The zero-order valence-electron chi connectivity index (χ0n) is 20.2. The first-order valence-electron chi connectivity index (χ1n) is 11.7. The average Bonchev–Trinajstić information content (AvgIpc) is 3.37. The van der Waals surface area contributed by atoms with E-state index in [0.29, 0.717) is 41.8 Å². The third-order valence-electron chi connectivity index (χ3n) is 6.71. The number of pyridine rings is 1. The highest BCUT2D eigenvalue weighted by molar-refractivity contribution is 7.89. The smallest absolute Gasteiger partial charge is 0.259 e. The molecule has 37 heavy (non-hydrogen) atoms. The fourth-order valence-electron chi connectivity index (χ4n) is 4.73. The van der Waals surface area contributed by atoms with Crippen LogP contribution in [0.1, 0.15) is 48.3 Å². The largest absolute Gasteiger partial charge is 0.381 e. The summed E-state index contributed by atoms with van der Waals surface area (Å²) in [7, 11) is -4.29. The second-order valence-corrected chi connectivity index (χ2v) is 11.4. The monoisotopic (exact) mass is 532 g/mol. The highest BCUT2D eigenvalue weighted by Gasteiger charge is 2.48. The third-order valence-corrected chi connectivity index (χ3v) is 8.70. The molecule has 13 heteroatoms. The standard InChI is InChI=1S/C24H26F2N6O4S/c1-24(2)21-19(13-32(24)37(34,35)17-10-14(25)9-15(26)11-17)22(31-30-21)29-23(33)18-3-6-27-12-20(18)28-16-4-7-36-8-5-16/h3,6,9-12,16,28H,4-5,7-8,13H2,1-2H3,(H2,29,30,31,33). The van der Waals surface area contributed by atoms with E-state index in [1.807, 2.05) is 0 Å². The summed E-state index contributed by atoms with van der Waals surface area (Å²) in [5, 5.41) is 13.2. The molecule has 10 nitrogen and oxygen atoms in total. The molecule has 3 aromatic rings. The molecule has 196 valence electrons. The van der Waals surface area contributed by atoms with E-state index >= 15 is 0 Å². The van der Waals surface area contributed by atoms with Crippen molar-refractivity contribution in [1.82, 2.24) is 19.5 Å². The Hall–Kier alpha value is -3.42. The summed E-state index contributed by atoms with van der Waals surface area (Å²) in [6.07, 6.45) is 4.69. The Morgan fingerprint density at radius 1 is 1.19 bits per heavy atom. The van der Waals surface area contributed by atoms with E-state index < -0.39 is 38.0 Å². The van der Waals surface area contributed by atoms with Gasteiger partial charge in [-0.2, -0.15) is 9.40 Å². The summed E-state index contributed by atoms with van der Waals surface area (Å²) in [4.78, 5) is 16.9. The Labute approximate surface area is 212 Å². The zero-order valence-corrected chi connectivity index (χ0v) is 21.0. The molecule has 4 heterocycles. The van der Waals surface area contributed by atoms with Gasteiger partial charge in [-0.05, 0) is 44.9 Å². The SMILES string of the molecule is CC1(C)c2[nH]nc(NC(=O)c3ccncc3NC3CCOCC3)c2CN1S(=O)(=O)c1cc(F)cc(F)c1. The van der Waals surface area contributed by atoms with Gasteiger partial charge in [0.2, 0.25) is 10.0 Å². The topological polar surface area (TPSA) is 129 Å². The van der Waals surface area contributed by atoms with Crippen molar-refractivity contribution < 1.29 is 26.7 Å². The van der Waals surface area contributed by atoms with Crippen LogP contribution in [0, 0.1) is 11.6 Å². The second kappa shape index (κ2) is 9.47. The lowest BCUT2D eigenvalue weighted by atomic mass is 10.0. The molecule has 0 atom stereocenters. The van der Waals surface area contributed by atoms with Crippen LogP contribution in [0.15, 0.2) is 41.6 Å². The minimum Gasteiger partial charge on any atom is -0.381 e. The van der Waals surface area contributed by atoms with Crippen LogP contribution in [0.4, 0.5) is 20.3 Å². The molecule has 2 aliphatic rings. The summed E-state index contributed by atoms with van der Waals surface area (Å²) in [6.45, 7) is 4.41. The number of nitrogens with zero attached hydrogens (tertiary/aromatic N) is 3. The van der Waals surface area contributed by atoms with E-state index in [0.717, 1.165) is 29.3 Å². The van der Waals surface area contributed by atoms with Crippen LogP contribution in [0.3, 0.4) is 0 Å². The Morgan fingerprint density at radius 3 is 2.59 bits per heavy atom. The molecule has 0 bridgehead atoms. The predicted molar refractivity (Wildman–Crippen MR) is 130 cm³/mol. The molecule has 1 fully saturated rings. The molecule has 0 radical (unpaired) electrons. The van der Waals surface area contributed by atoms with Crippen LogP contribution in [0.5, 0.6) is 0 Å². The highest BCUT2D eigenvalue weighted by Crippen LogP contribution is 2.44. The van der Waals surface area contributed by atoms with Gasteiger partial charge in [0.1, 0.15) is 11.6 Å². The lowest BCUT2D eigenvalue weighted by Crippen LogP contribution is -2.40. The van der Waals surface area contributed by atoms with Gasteiger partial charge < -0.3 is 15.4 Å². The van der Waals surface area contributed by atoms with Crippen molar-refractivity contribution in [2.75, 3.05) is 23.8 Å². The highest BCUT2D eigenvalue weighted by atomic mass is 32.2. The maximum absolute atomic E-state index is 13.8. The number of halogens is 2. The number of hydrogen-bond donors (Lipinski definition) is 3. The van der Waals surface area contributed by atoms with E-state index in [1.54, 1.807) is 26.1 Å². The van der Waals surface area contributed by atoms with Gasteiger partial charge in [-0.25, -0.2) is 17.2 Å². The van der Waals surface area contributed by atoms with Crippen LogP contribution in [0.25, 0.3) is 0 Å². The Kier molecular flexibility index (Phi) is 6.46. The Bertz CT molecular complexity index is 1430. The Morgan fingerprint density at radius 2 is 1.89 bits per heavy atom. The minimum atomic E-state index is -4.29. The summed E-state index contributed by atoms with van der Waals surface area (Å²) < 4.78 is 60.8. The predicted octanol–water partition coefficient (Wildman–Crippen LogP) is 3.37. The first-order chi connectivity index (χ1) is 17.6. The number of benzene rings is 1. The number of carbonyl (C=O) groups excluding carboxylic acids is 1. The number of sulfonamides is 1. The zero-order chi connectivity index (χ0) is 26.4. The van der Waals surface area contributed by atoms with Crippen molar-refractivity contribution in [2.24, 2.45) is 0 Å². The van der Waals surface area contributed by atoms with Crippen LogP contribution < -0.4 is 10.6 Å². The Balaban J connectivity index is 1.40. The molecule has 0 saturated carbocycles. The molecule has 1 saturated heterocycles. The molecule has 3 N–H and O–H groups in total. The molecule has 1 amide bonds. The number of anilines is 2. The molecule has 1 aromatic carbocycles. The van der Waals surface area contributed by atoms with Crippen molar-refractivity contribution in [3.8, 4) is 0 Å². The maximum Gasteiger partial charge on any atom is 0.259 e. The van der Waals surface area contributed by atoms with Gasteiger partial charge in [0.25, 0.3) is 5.91 Å². The number of aromatic amines is 1. The quantitative estimate of drug-likeness (QED) is 0.444. The lowest BCUT2D eigenvalue weighted by molar-refractivity contribution is 0.0904. The number of fused-ring (bicyclic) bond motifs is 1. The van der Waals surface area contributed by atoms with Crippen LogP contribution in [-0.2, 0) is 26.8 Å². The van der Waals surface area contributed by atoms with Gasteiger partial charge in [0.15, 0.2) is 5.82 Å². The summed E-state index contributed by atoms with van der Waals surface area (Å²) >= 11 is 0. The summed E-state index contributed by atoms with van der Waals surface area (Å²) in [5.41, 5.74) is 0.733. The summed E-state index contributed by atoms with van der Waals surface area (Å²) in [5.74, 6) is -2.26. The third kappa shape index (κ3) is 4.69. The molecule has 5 rings (SSSR count). The van der Waals surface area contributed by atoms with Gasteiger partial charge in [0, 0.05) is 43.6 Å². The van der Waals surface area contributed by atoms with Crippen LogP contribution in [-0.4, -0.2) is 53.1 Å². The van der Waals surface area contributed by atoms with Gasteiger partial charge >= 0.3 is 0 Å². The molecule has 2 aromatic heterocycles. The normalized spacial score (nSPS) is 17.9. The minimum absolute atomic E-state index is 0.145. The summed E-state index contributed by atoms with van der Waals surface area (Å²) in [6, 6.07) is 3.89. The molecular formula is C24H26F2N6O4S. The number of ether oxygens (including phenoxy) is 1. The van der Waals surface area contributed by atoms with Gasteiger partial charge in [-0.1, -0.05) is 0 Å². The van der Waals surface area contributed by atoms with Gasteiger partial charge in [0.05, 0.1) is 33.6 Å². The maximum atomic E-state index is 13.8. The van der Waals surface area contributed by atoms with E-state index in [1.165, 1.54) is 6.20 Å².